The van der Waals surface area contributed by atoms with Crippen LogP contribution in [-0.4, -0.2) is 43.9 Å². The third kappa shape index (κ3) is 3.42. The molecule has 0 N–H and O–H groups in total. The summed E-state index contributed by atoms with van der Waals surface area (Å²) in [5.41, 5.74) is 2.23. The van der Waals surface area contributed by atoms with Crippen molar-refractivity contribution in [1.82, 2.24) is 19.7 Å². The van der Waals surface area contributed by atoms with Gasteiger partial charge in [-0.1, -0.05) is 23.9 Å². The molecular weight excluding hydrogens is 308 g/mol. The average molecular weight is 330 g/mol. The molecule has 1 amide bonds. The van der Waals surface area contributed by atoms with Gasteiger partial charge in [-0.3, -0.25) is 9.36 Å². The maximum Gasteiger partial charge on any atom is 0.235 e. The molecule has 0 radical (unpaired) electrons. The highest BCUT2D eigenvalue weighted by atomic mass is 32.2. The van der Waals surface area contributed by atoms with Crippen LogP contribution in [0.15, 0.2) is 29.4 Å². The number of amides is 1. The predicted molar refractivity (Wildman–Crippen MR) is 92.0 cm³/mol. The normalized spacial score (nSPS) is 15.9. The SMILES string of the molecule is Cc1cccc(-n2c(C)nnc2SC(C)C(=O)N2CCCC2)c1. The molecule has 3 rings (SSSR count). The smallest absolute Gasteiger partial charge is 0.235 e. The minimum Gasteiger partial charge on any atom is -0.342 e. The largest absolute Gasteiger partial charge is 0.342 e. The second-order valence-electron chi connectivity index (χ2n) is 6.00. The van der Waals surface area contributed by atoms with Crippen molar-refractivity contribution in [2.75, 3.05) is 13.1 Å². The molecule has 0 bridgehead atoms. The maximum atomic E-state index is 12.5. The van der Waals surface area contributed by atoms with Gasteiger partial charge < -0.3 is 4.90 Å². The zero-order valence-electron chi connectivity index (χ0n) is 13.8. The number of aromatic nitrogens is 3. The van der Waals surface area contributed by atoms with Crippen LogP contribution in [-0.2, 0) is 4.79 Å². The fraction of sp³-hybridized carbons (Fsp3) is 0.471. The van der Waals surface area contributed by atoms with Crippen molar-refractivity contribution >= 4 is 17.7 Å². The van der Waals surface area contributed by atoms with Crippen LogP contribution in [0.1, 0.15) is 31.2 Å². The van der Waals surface area contributed by atoms with Crippen molar-refractivity contribution in [2.24, 2.45) is 0 Å². The number of rotatable bonds is 4. The highest BCUT2D eigenvalue weighted by molar-refractivity contribution is 8.00. The van der Waals surface area contributed by atoms with Crippen molar-refractivity contribution in [3.8, 4) is 5.69 Å². The Labute approximate surface area is 141 Å². The fourth-order valence-electron chi connectivity index (χ4n) is 2.89. The van der Waals surface area contributed by atoms with Crippen LogP contribution in [0, 0.1) is 13.8 Å². The molecule has 1 aromatic carbocycles. The van der Waals surface area contributed by atoms with E-state index in [1.807, 2.05) is 35.4 Å². The van der Waals surface area contributed by atoms with Gasteiger partial charge in [-0.25, -0.2) is 0 Å². The van der Waals surface area contributed by atoms with E-state index in [2.05, 4.69) is 29.3 Å². The molecule has 1 saturated heterocycles. The summed E-state index contributed by atoms with van der Waals surface area (Å²) in [5, 5.41) is 9.09. The van der Waals surface area contributed by atoms with E-state index in [-0.39, 0.29) is 11.2 Å². The molecule has 1 aliphatic rings. The highest BCUT2D eigenvalue weighted by Gasteiger charge is 2.26. The van der Waals surface area contributed by atoms with Crippen molar-refractivity contribution in [3.05, 3.63) is 35.7 Å². The second-order valence-corrected chi connectivity index (χ2v) is 7.30. The van der Waals surface area contributed by atoms with Crippen LogP contribution in [0.25, 0.3) is 5.69 Å². The molecular formula is C17H22N4OS. The summed E-state index contributed by atoms with van der Waals surface area (Å²) in [6, 6.07) is 8.24. The number of nitrogens with zero attached hydrogens (tertiary/aromatic N) is 4. The number of hydrogen-bond donors (Lipinski definition) is 0. The minimum absolute atomic E-state index is 0.153. The van der Waals surface area contributed by atoms with E-state index in [0.717, 1.165) is 42.6 Å². The second kappa shape index (κ2) is 6.74. The Bertz CT molecular complexity index is 706. The van der Waals surface area contributed by atoms with Gasteiger partial charge in [-0.15, -0.1) is 10.2 Å². The van der Waals surface area contributed by atoms with Gasteiger partial charge in [-0.05, 0) is 51.3 Å². The number of carbonyl (C=O) groups is 1. The molecule has 1 atom stereocenters. The summed E-state index contributed by atoms with van der Waals surface area (Å²) in [7, 11) is 0. The zero-order chi connectivity index (χ0) is 16.4. The van der Waals surface area contributed by atoms with E-state index in [0.29, 0.717) is 0 Å². The summed E-state index contributed by atoms with van der Waals surface area (Å²) < 4.78 is 2.02. The van der Waals surface area contributed by atoms with E-state index in [1.165, 1.54) is 17.3 Å². The van der Waals surface area contributed by atoms with Crippen molar-refractivity contribution < 1.29 is 4.79 Å². The lowest BCUT2D eigenvalue weighted by molar-refractivity contribution is -0.129. The number of carbonyl (C=O) groups excluding carboxylic acids is 1. The Morgan fingerprint density at radius 3 is 2.65 bits per heavy atom. The molecule has 1 fully saturated rings. The average Bonchev–Trinajstić information content (AvgIpc) is 3.17. The van der Waals surface area contributed by atoms with E-state index in [4.69, 9.17) is 0 Å². The van der Waals surface area contributed by atoms with E-state index in [1.54, 1.807) is 0 Å². The number of thioether (sulfide) groups is 1. The van der Waals surface area contributed by atoms with Gasteiger partial charge in [0, 0.05) is 18.8 Å². The first-order valence-electron chi connectivity index (χ1n) is 8.01. The molecule has 0 aliphatic carbocycles. The van der Waals surface area contributed by atoms with Gasteiger partial charge >= 0.3 is 0 Å². The molecule has 0 saturated carbocycles. The van der Waals surface area contributed by atoms with Gasteiger partial charge in [0.25, 0.3) is 0 Å². The molecule has 1 aromatic heterocycles. The molecule has 1 aliphatic heterocycles. The van der Waals surface area contributed by atoms with Crippen molar-refractivity contribution in [3.63, 3.8) is 0 Å². The number of benzene rings is 1. The molecule has 2 heterocycles. The number of hydrogen-bond acceptors (Lipinski definition) is 4. The Morgan fingerprint density at radius 1 is 1.22 bits per heavy atom. The third-order valence-corrected chi connectivity index (χ3v) is 5.13. The maximum absolute atomic E-state index is 12.5. The van der Waals surface area contributed by atoms with E-state index in [9.17, 15) is 4.79 Å². The van der Waals surface area contributed by atoms with Crippen LogP contribution in [0.3, 0.4) is 0 Å². The van der Waals surface area contributed by atoms with Crippen LogP contribution in [0.4, 0.5) is 0 Å². The molecule has 6 heteroatoms. The standard InChI is InChI=1S/C17H22N4OS/c1-12-7-6-8-15(11-12)21-14(3)18-19-17(21)23-13(2)16(22)20-9-4-5-10-20/h6-8,11,13H,4-5,9-10H2,1-3H3. The quantitative estimate of drug-likeness (QED) is 0.809. The number of aryl methyl sites for hydroxylation is 2. The van der Waals surface area contributed by atoms with Gasteiger partial charge in [0.2, 0.25) is 5.91 Å². The van der Waals surface area contributed by atoms with Crippen molar-refractivity contribution in [2.45, 2.75) is 44.0 Å². The first-order chi connectivity index (χ1) is 11.1. The van der Waals surface area contributed by atoms with Crippen LogP contribution in [0.5, 0.6) is 0 Å². The van der Waals surface area contributed by atoms with Crippen LogP contribution >= 0.6 is 11.8 Å². The summed E-state index contributed by atoms with van der Waals surface area (Å²) in [6.07, 6.45) is 2.23. The lowest BCUT2D eigenvalue weighted by Crippen LogP contribution is -2.34. The third-order valence-electron chi connectivity index (χ3n) is 4.10. The van der Waals surface area contributed by atoms with Gasteiger partial charge in [0.05, 0.1) is 5.25 Å². The summed E-state index contributed by atoms with van der Waals surface area (Å²) in [5.74, 6) is 1.03. The molecule has 23 heavy (non-hydrogen) atoms. The Kier molecular flexibility index (Phi) is 4.71. The van der Waals surface area contributed by atoms with Crippen LogP contribution < -0.4 is 0 Å². The summed E-state index contributed by atoms with van der Waals surface area (Å²) in [6.45, 7) is 7.72. The van der Waals surface area contributed by atoms with Crippen LogP contribution in [0.2, 0.25) is 0 Å². The molecule has 5 nitrogen and oxygen atoms in total. The highest BCUT2D eigenvalue weighted by Crippen LogP contribution is 2.27. The Balaban J connectivity index is 1.82. The topological polar surface area (TPSA) is 51.0 Å². The van der Waals surface area contributed by atoms with Gasteiger partial charge in [0.15, 0.2) is 5.16 Å². The molecule has 2 aromatic rings. The van der Waals surface area contributed by atoms with Gasteiger partial charge in [0.1, 0.15) is 5.82 Å². The predicted octanol–water partition coefficient (Wildman–Crippen LogP) is 2.99. The van der Waals surface area contributed by atoms with Gasteiger partial charge in [-0.2, -0.15) is 0 Å². The molecule has 122 valence electrons. The van der Waals surface area contributed by atoms with Crippen molar-refractivity contribution in [1.29, 1.82) is 0 Å². The first kappa shape index (κ1) is 16.1. The lowest BCUT2D eigenvalue weighted by Gasteiger charge is -2.19. The van der Waals surface area contributed by atoms with E-state index < -0.39 is 0 Å². The molecule has 1 unspecified atom stereocenters. The van der Waals surface area contributed by atoms with E-state index >= 15 is 0 Å². The Morgan fingerprint density at radius 2 is 1.96 bits per heavy atom. The summed E-state index contributed by atoms with van der Waals surface area (Å²) >= 11 is 1.48. The monoisotopic (exact) mass is 330 g/mol. The fourth-order valence-corrected chi connectivity index (χ4v) is 3.88. The lowest BCUT2D eigenvalue weighted by atomic mass is 10.2. The first-order valence-corrected chi connectivity index (χ1v) is 8.89. The zero-order valence-corrected chi connectivity index (χ0v) is 14.6. The Hall–Kier alpha value is -1.82. The molecule has 0 spiro atoms. The minimum atomic E-state index is -0.153. The summed E-state index contributed by atoms with van der Waals surface area (Å²) in [4.78, 5) is 14.5. The number of likely N-dealkylation sites (tertiary alicyclic amines) is 1.